The van der Waals surface area contributed by atoms with Crippen molar-refractivity contribution in [2.24, 2.45) is 5.92 Å². The Morgan fingerprint density at radius 1 is 1.00 bits per heavy atom. The van der Waals surface area contributed by atoms with E-state index in [1.807, 2.05) is 82.3 Å². The average molecular weight is 522 g/mol. The Kier molecular flexibility index (Phi) is 7.82. The number of nitrogens with zero attached hydrogens (tertiary/aromatic N) is 3. The van der Waals surface area contributed by atoms with Crippen LogP contribution in [0.5, 0.6) is 0 Å². The normalized spacial score (nSPS) is 13.1. The van der Waals surface area contributed by atoms with Gasteiger partial charge in [-0.2, -0.15) is 0 Å². The Balaban J connectivity index is 1.90. The van der Waals surface area contributed by atoms with Gasteiger partial charge in [0.15, 0.2) is 0 Å². The van der Waals surface area contributed by atoms with Crippen LogP contribution >= 0.6 is 23.2 Å². The van der Waals surface area contributed by atoms with E-state index in [1.165, 1.54) is 0 Å². The smallest absolute Gasteiger partial charge is 0.266 e. The number of hydrogen-bond donors (Lipinski definition) is 0. The average Bonchev–Trinajstić information content (AvgIpc) is 2.87. The Bertz CT molecular complexity index is 1430. The molecule has 4 aromatic rings. The van der Waals surface area contributed by atoms with Crippen molar-refractivity contribution < 1.29 is 4.79 Å². The van der Waals surface area contributed by atoms with Crippen molar-refractivity contribution >= 4 is 40.0 Å². The minimum atomic E-state index is -0.859. The Hall–Kier alpha value is -3.15. The lowest BCUT2D eigenvalue weighted by molar-refractivity contribution is -0.133. The van der Waals surface area contributed by atoms with E-state index in [9.17, 15) is 9.59 Å². The van der Waals surface area contributed by atoms with Crippen molar-refractivity contribution in [3.05, 3.63) is 105 Å². The minimum Gasteiger partial charge on any atom is -0.331 e. The number of alkyl halides is 1. The Morgan fingerprint density at radius 3 is 2.31 bits per heavy atom. The summed E-state index contributed by atoms with van der Waals surface area (Å²) in [5.74, 6) is 0.384. The minimum absolute atomic E-state index is 0.172. The van der Waals surface area contributed by atoms with Gasteiger partial charge in [0.2, 0.25) is 5.91 Å². The molecule has 0 radical (unpaired) electrons. The molecule has 0 aliphatic rings. The van der Waals surface area contributed by atoms with Gasteiger partial charge in [0.1, 0.15) is 11.2 Å². The number of hydrogen-bond acceptors (Lipinski definition) is 3. The molecule has 1 aromatic heterocycles. The maximum atomic E-state index is 13.8. The summed E-state index contributed by atoms with van der Waals surface area (Å²) in [6, 6.07) is 21.5. The third-order valence-corrected chi connectivity index (χ3v) is 6.82. The third kappa shape index (κ3) is 5.32. The molecule has 0 N–H and O–H groups in total. The molecule has 1 amide bonds. The molecule has 5 nitrogen and oxygen atoms in total. The molecule has 7 heteroatoms. The lowest BCUT2D eigenvalue weighted by Crippen LogP contribution is -2.41. The molecule has 3 aromatic carbocycles. The summed E-state index contributed by atoms with van der Waals surface area (Å²) in [5, 5.41) is 0.0834. The number of aromatic nitrogens is 2. The van der Waals surface area contributed by atoms with Crippen LogP contribution in [-0.4, -0.2) is 26.9 Å². The van der Waals surface area contributed by atoms with Crippen LogP contribution < -0.4 is 5.56 Å². The summed E-state index contributed by atoms with van der Waals surface area (Å²) >= 11 is 12.9. The highest BCUT2D eigenvalue weighted by Gasteiger charge is 2.31. The molecule has 2 unspecified atom stereocenters. The molecule has 0 aliphatic carbocycles. The van der Waals surface area contributed by atoms with Gasteiger partial charge in [-0.3, -0.25) is 14.2 Å². The van der Waals surface area contributed by atoms with Gasteiger partial charge in [-0.05, 0) is 55.7 Å². The molecule has 0 spiro atoms. The first kappa shape index (κ1) is 25.9. The van der Waals surface area contributed by atoms with E-state index in [0.717, 1.165) is 11.1 Å². The fourth-order valence-electron chi connectivity index (χ4n) is 4.28. The van der Waals surface area contributed by atoms with Crippen LogP contribution in [-0.2, 0) is 4.79 Å². The van der Waals surface area contributed by atoms with Crippen molar-refractivity contribution in [3.63, 3.8) is 0 Å². The summed E-state index contributed by atoms with van der Waals surface area (Å²) in [4.78, 5) is 34.1. The van der Waals surface area contributed by atoms with Gasteiger partial charge in [0.25, 0.3) is 5.56 Å². The molecular weight excluding hydrogens is 493 g/mol. The zero-order valence-electron chi connectivity index (χ0n) is 20.8. The number of fused-ring (bicyclic) bond motifs is 1. The number of rotatable bonds is 7. The molecule has 0 fully saturated rings. The van der Waals surface area contributed by atoms with E-state index in [4.69, 9.17) is 28.2 Å². The quantitative estimate of drug-likeness (QED) is 0.249. The maximum Gasteiger partial charge on any atom is 0.266 e. The Labute approximate surface area is 221 Å². The number of benzene rings is 3. The van der Waals surface area contributed by atoms with Crippen LogP contribution in [0.15, 0.2) is 77.6 Å². The lowest BCUT2D eigenvalue weighted by atomic mass is 10.1. The summed E-state index contributed by atoms with van der Waals surface area (Å²) in [5.41, 5.74) is 2.75. The molecule has 186 valence electrons. The summed E-state index contributed by atoms with van der Waals surface area (Å²) < 4.78 is 1.59. The lowest BCUT2D eigenvalue weighted by Gasteiger charge is -2.33. The second kappa shape index (κ2) is 10.9. The SMILES string of the molecule is Cc1ccc(-n2c(C(C)N(CC(C)C)C(=O)C(Cl)c3ccccc3)nc3cc(Cl)ccc3c2=O)cc1. The highest BCUT2D eigenvalue weighted by molar-refractivity contribution is 6.31. The first-order chi connectivity index (χ1) is 17.2. The molecular formula is C29H29Cl2N3O2. The molecule has 2 atom stereocenters. The predicted molar refractivity (Wildman–Crippen MR) is 147 cm³/mol. The first-order valence-corrected chi connectivity index (χ1v) is 12.8. The van der Waals surface area contributed by atoms with Gasteiger partial charge in [-0.15, -0.1) is 11.6 Å². The van der Waals surface area contributed by atoms with E-state index in [2.05, 4.69) is 0 Å². The van der Waals surface area contributed by atoms with E-state index in [0.29, 0.717) is 34.0 Å². The van der Waals surface area contributed by atoms with Crippen molar-refractivity contribution in [2.75, 3.05) is 6.54 Å². The molecule has 0 saturated carbocycles. The molecule has 36 heavy (non-hydrogen) atoms. The van der Waals surface area contributed by atoms with E-state index in [-0.39, 0.29) is 17.4 Å². The van der Waals surface area contributed by atoms with Gasteiger partial charge in [-0.1, -0.05) is 73.5 Å². The number of carbonyl (C=O) groups is 1. The van der Waals surface area contributed by atoms with Gasteiger partial charge < -0.3 is 4.90 Å². The number of amides is 1. The third-order valence-electron chi connectivity index (χ3n) is 6.14. The van der Waals surface area contributed by atoms with Crippen LogP contribution in [0.25, 0.3) is 16.6 Å². The summed E-state index contributed by atoms with van der Waals surface area (Å²) in [6.07, 6.45) is 0. The standard InChI is InChI=1S/C29H29Cl2N3O2/c1-18(2)17-33(29(36)26(31)21-8-6-5-7-9-21)20(4)27-32-25-16-22(30)12-15-24(25)28(35)34(27)23-13-10-19(3)11-14-23/h5-16,18,20,26H,17H2,1-4H3. The number of carbonyl (C=O) groups excluding carboxylic acids is 1. The van der Waals surface area contributed by atoms with Crippen LogP contribution in [0.4, 0.5) is 0 Å². The fraction of sp³-hybridized carbons (Fsp3) is 0.276. The highest BCUT2D eigenvalue weighted by Crippen LogP contribution is 2.30. The van der Waals surface area contributed by atoms with Crippen molar-refractivity contribution in [2.45, 2.75) is 39.1 Å². The Morgan fingerprint density at radius 2 is 1.67 bits per heavy atom. The van der Waals surface area contributed by atoms with Gasteiger partial charge >= 0.3 is 0 Å². The topological polar surface area (TPSA) is 55.2 Å². The highest BCUT2D eigenvalue weighted by atomic mass is 35.5. The van der Waals surface area contributed by atoms with Crippen molar-refractivity contribution in [1.82, 2.24) is 14.5 Å². The monoisotopic (exact) mass is 521 g/mol. The molecule has 1 heterocycles. The maximum absolute atomic E-state index is 13.8. The van der Waals surface area contributed by atoms with Crippen LogP contribution in [0, 0.1) is 12.8 Å². The van der Waals surface area contributed by atoms with Crippen LogP contribution in [0.1, 0.15) is 49.1 Å². The van der Waals surface area contributed by atoms with Gasteiger partial charge in [-0.25, -0.2) is 4.98 Å². The molecule has 4 rings (SSSR count). The summed E-state index contributed by atoms with van der Waals surface area (Å²) in [7, 11) is 0. The predicted octanol–water partition coefficient (Wildman–Crippen LogP) is 6.87. The van der Waals surface area contributed by atoms with E-state index in [1.54, 1.807) is 27.7 Å². The second-order valence-corrected chi connectivity index (χ2v) is 10.3. The molecule has 0 aliphatic heterocycles. The number of aryl methyl sites for hydroxylation is 1. The zero-order chi connectivity index (χ0) is 26.0. The zero-order valence-corrected chi connectivity index (χ0v) is 22.3. The van der Waals surface area contributed by atoms with Crippen molar-refractivity contribution in [1.29, 1.82) is 0 Å². The van der Waals surface area contributed by atoms with Crippen molar-refractivity contribution in [3.8, 4) is 5.69 Å². The van der Waals surface area contributed by atoms with Gasteiger partial charge in [0, 0.05) is 11.6 Å². The first-order valence-electron chi connectivity index (χ1n) is 12.0. The molecule has 0 saturated heterocycles. The number of halogens is 2. The van der Waals surface area contributed by atoms with Gasteiger partial charge in [0.05, 0.1) is 22.6 Å². The van der Waals surface area contributed by atoms with E-state index < -0.39 is 11.4 Å². The van der Waals surface area contributed by atoms with E-state index >= 15 is 0 Å². The van der Waals surface area contributed by atoms with Crippen LogP contribution in [0.2, 0.25) is 5.02 Å². The fourth-order valence-corrected chi connectivity index (χ4v) is 4.72. The molecule has 0 bridgehead atoms. The largest absolute Gasteiger partial charge is 0.331 e. The second-order valence-electron chi connectivity index (χ2n) is 9.44. The summed E-state index contributed by atoms with van der Waals surface area (Å²) in [6.45, 7) is 8.41. The van der Waals surface area contributed by atoms with Crippen LogP contribution in [0.3, 0.4) is 0 Å².